The van der Waals surface area contributed by atoms with Crippen molar-refractivity contribution in [2.45, 2.75) is 31.7 Å². The molecule has 1 aromatic heterocycles. The Morgan fingerprint density at radius 3 is 2.61 bits per heavy atom. The number of hydrogen-bond donors (Lipinski definition) is 0. The molecule has 3 heterocycles. The molecule has 0 spiro atoms. The van der Waals surface area contributed by atoms with Crippen molar-refractivity contribution in [2.24, 2.45) is 5.92 Å². The summed E-state index contributed by atoms with van der Waals surface area (Å²) in [6.45, 7) is 1.73. The first-order valence-electron chi connectivity index (χ1n) is 9.59. The van der Waals surface area contributed by atoms with Gasteiger partial charge in [0.1, 0.15) is 5.70 Å². The number of nitro groups is 1. The zero-order chi connectivity index (χ0) is 19.8. The van der Waals surface area contributed by atoms with Gasteiger partial charge in [0.25, 0.3) is 5.91 Å². The maximum Gasteiger partial charge on any atom is 0.352 e. The van der Waals surface area contributed by atoms with Crippen LogP contribution in [-0.2, 0) is 4.79 Å². The number of carbonyl (C=O) groups is 2. The number of fused-ring (bicyclic) bond motifs is 1. The van der Waals surface area contributed by atoms with Crippen LogP contribution in [0.3, 0.4) is 0 Å². The Bertz CT molecular complexity index is 812. The van der Waals surface area contributed by atoms with Gasteiger partial charge in [0.15, 0.2) is 0 Å². The van der Waals surface area contributed by atoms with E-state index in [4.69, 9.17) is 4.52 Å². The third-order valence-corrected chi connectivity index (χ3v) is 6.08. The minimum absolute atomic E-state index is 0.00815. The fourth-order valence-corrected chi connectivity index (χ4v) is 4.68. The van der Waals surface area contributed by atoms with Crippen LogP contribution in [0.1, 0.15) is 36.2 Å². The maximum absolute atomic E-state index is 12.7. The highest BCUT2D eigenvalue weighted by molar-refractivity contribution is 5.93. The second-order valence-electron chi connectivity index (χ2n) is 7.52. The molecule has 2 unspecified atom stereocenters. The first-order valence-corrected chi connectivity index (χ1v) is 9.59. The van der Waals surface area contributed by atoms with Crippen LogP contribution >= 0.6 is 0 Å². The Morgan fingerprint density at radius 1 is 1.25 bits per heavy atom. The summed E-state index contributed by atoms with van der Waals surface area (Å²) in [5, 5.41) is 15.3. The average molecular weight is 389 g/mol. The van der Waals surface area contributed by atoms with Crippen LogP contribution in [0, 0.1) is 16.0 Å². The molecular weight excluding hydrogens is 366 g/mol. The highest BCUT2D eigenvalue weighted by Crippen LogP contribution is 2.40. The Labute approximate surface area is 161 Å². The molecule has 150 valence electrons. The number of amides is 2. The predicted octanol–water partition coefficient (Wildman–Crippen LogP) is 0.951. The average Bonchev–Trinajstić information content (AvgIpc) is 3.25. The number of hydrogen-bond acceptors (Lipinski definition) is 7. The van der Waals surface area contributed by atoms with E-state index in [1.807, 2.05) is 4.90 Å². The zero-order valence-electron chi connectivity index (χ0n) is 15.7. The van der Waals surface area contributed by atoms with Gasteiger partial charge in [-0.15, -0.1) is 0 Å². The molecule has 4 rings (SSSR count). The maximum atomic E-state index is 12.7. The minimum Gasteiger partial charge on any atom is -0.365 e. The lowest BCUT2D eigenvalue weighted by Gasteiger charge is -2.46. The summed E-state index contributed by atoms with van der Waals surface area (Å²) < 4.78 is 4.93. The van der Waals surface area contributed by atoms with Crippen LogP contribution in [0.15, 0.2) is 28.2 Å². The van der Waals surface area contributed by atoms with Crippen molar-refractivity contribution in [3.05, 3.63) is 39.5 Å². The number of piperazine rings is 1. The van der Waals surface area contributed by atoms with Crippen LogP contribution in [0.25, 0.3) is 0 Å². The van der Waals surface area contributed by atoms with Gasteiger partial charge in [-0.1, -0.05) is 18.0 Å². The second-order valence-corrected chi connectivity index (χ2v) is 7.52. The topological polar surface area (TPSA) is 113 Å². The highest BCUT2D eigenvalue weighted by Gasteiger charge is 2.48. The Morgan fingerprint density at radius 2 is 1.96 bits per heavy atom. The zero-order valence-corrected chi connectivity index (χ0v) is 15.7. The van der Waals surface area contributed by atoms with E-state index < -0.39 is 10.8 Å². The van der Waals surface area contributed by atoms with Gasteiger partial charge in [0.2, 0.25) is 5.76 Å². The van der Waals surface area contributed by atoms with Gasteiger partial charge in [-0.3, -0.25) is 19.7 Å². The number of rotatable bonds is 3. The third-order valence-electron chi connectivity index (χ3n) is 6.08. The van der Waals surface area contributed by atoms with Gasteiger partial charge in [-0.05, 0) is 12.8 Å². The quantitative estimate of drug-likeness (QED) is 0.559. The molecule has 0 radical (unpaired) electrons. The third kappa shape index (κ3) is 3.02. The van der Waals surface area contributed by atoms with Crippen molar-refractivity contribution in [3.63, 3.8) is 0 Å². The molecule has 1 aromatic rings. The molecule has 2 atom stereocenters. The summed E-state index contributed by atoms with van der Waals surface area (Å²) in [7, 11) is 1.67. The van der Waals surface area contributed by atoms with Gasteiger partial charge in [0, 0.05) is 51.3 Å². The molecule has 2 fully saturated rings. The van der Waals surface area contributed by atoms with E-state index in [-0.39, 0.29) is 29.3 Å². The number of nitrogens with zero attached hydrogens (tertiary/aromatic N) is 5. The molecule has 2 aliphatic heterocycles. The van der Waals surface area contributed by atoms with Crippen LogP contribution in [0.4, 0.5) is 0 Å². The summed E-state index contributed by atoms with van der Waals surface area (Å²) in [4.78, 5) is 41.5. The number of carbonyl (C=O) groups excluding carboxylic acids is 2. The summed E-state index contributed by atoms with van der Waals surface area (Å²) in [5.74, 6) is -0.590. The molecule has 1 saturated heterocycles. The molecule has 0 N–H and O–H groups in total. The van der Waals surface area contributed by atoms with Crippen LogP contribution in [-0.4, -0.2) is 75.9 Å². The lowest BCUT2D eigenvalue weighted by Crippen LogP contribution is -2.56. The highest BCUT2D eigenvalue weighted by atomic mass is 16.6. The standard InChI is InChI=1S/C18H23N5O5/c1-20-13-5-3-2-4-12(13)15(16(18(20)25)23(26)27)21-8-10-22(11-9-21)17(24)14-6-7-19-28-14/h6-7,12-13H,2-5,8-11H2,1H3. The van der Waals surface area contributed by atoms with Crippen molar-refractivity contribution in [1.29, 1.82) is 0 Å². The van der Waals surface area contributed by atoms with E-state index in [1.165, 1.54) is 12.3 Å². The van der Waals surface area contributed by atoms with E-state index in [0.717, 1.165) is 25.7 Å². The fraction of sp³-hybridized carbons (Fsp3) is 0.611. The molecule has 0 bridgehead atoms. The van der Waals surface area contributed by atoms with E-state index in [1.54, 1.807) is 16.8 Å². The molecular formula is C18H23N5O5. The van der Waals surface area contributed by atoms with Gasteiger partial charge >= 0.3 is 11.6 Å². The first kappa shape index (κ1) is 18.5. The fourth-order valence-electron chi connectivity index (χ4n) is 4.68. The normalized spacial score (nSPS) is 25.8. The van der Waals surface area contributed by atoms with E-state index in [0.29, 0.717) is 31.9 Å². The van der Waals surface area contributed by atoms with Crippen LogP contribution in [0.2, 0.25) is 0 Å². The molecule has 10 nitrogen and oxygen atoms in total. The summed E-state index contributed by atoms with van der Waals surface area (Å²) in [5.41, 5.74) is 0.255. The van der Waals surface area contributed by atoms with E-state index >= 15 is 0 Å². The summed E-state index contributed by atoms with van der Waals surface area (Å²) >= 11 is 0. The molecule has 1 saturated carbocycles. The molecule has 1 aliphatic carbocycles. The van der Waals surface area contributed by atoms with Crippen LogP contribution in [0.5, 0.6) is 0 Å². The monoisotopic (exact) mass is 389 g/mol. The molecule has 2 amide bonds. The van der Waals surface area contributed by atoms with Gasteiger partial charge < -0.3 is 19.2 Å². The van der Waals surface area contributed by atoms with Gasteiger partial charge in [0.05, 0.1) is 11.1 Å². The SMILES string of the molecule is CN1C(=O)C([N+](=O)[O-])=C(N2CCN(C(=O)c3ccno3)CC2)C2CCCCC21. The molecule has 0 aromatic carbocycles. The second kappa shape index (κ2) is 7.25. The van der Waals surface area contributed by atoms with Crippen molar-refractivity contribution in [2.75, 3.05) is 33.2 Å². The van der Waals surface area contributed by atoms with E-state index in [9.17, 15) is 19.7 Å². The summed E-state index contributed by atoms with van der Waals surface area (Å²) in [6, 6.07) is 1.53. The summed E-state index contributed by atoms with van der Waals surface area (Å²) in [6.07, 6.45) is 5.16. The minimum atomic E-state index is -0.537. The lowest BCUT2D eigenvalue weighted by molar-refractivity contribution is -0.424. The van der Waals surface area contributed by atoms with E-state index in [2.05, 4.69) is 5.16 Å². The Balaban J connectivity index is 1.58. The van der Waals surface area contributed by atoms with Gasteiger partial charge in [-0.2, -0.15) is 0 Å². The van der Waals surface area contributed by atoms with Crippen molar-refractivity contribution >= 4 is 11.8 Å². The molecule has 3 aliphatic rings. The number of aromatic nitrogens is 1. The Hall–Kier alpha value is -2.91. The lowest BCUT2D eigenvalue weighted by atomic mass is 9.78. The largest absolute Gasteiger partial charge is 0.365 e. The smallest absolute Gasteiger partial charge is 0.352 e. The first-order chi connectivity index (χ1) is 13.5. The number of likely N-dealkylation sites (N-methyl/N-ethyl adjacent to an activating group) is 1. The predicted molar refractivity (Wildman–Crippen MR) is 96.5 cm³/mol. The molecule has 28 heavy (non-hydrogen) atoms. The van der Waals surface area contributed by atoms with Crippen LogP contribution < -0.4 is 0 Å². The van der Waals surface area contributed by atoms with Gasteiger partial charge in [-0.25, -0.2) is 0 Å². The van der Waals surface area contributed by atoms with Crippen molar-refractivity contribution in [3.8, 4) is 0 Å². The molecule has 10 heteroatoms. The van der Waals surface area contributed by atoms with Crippen molar-refractivity contribution < 1.29 is 19.0 Å². The van der Waals surface area contributed by atoms with Crippen molar-refractivity contribution in [1.82, 2.24) is 19.9 Å². The Kier molecular flexibility index (Phi) is 4.78.